The van der Waals surface area contributed by atoms with E-state index >= 15 is 0 Å². The smallest absolute Gasteiger partial charge is 0.252 e. The highest BCUT2D eigenvalue weighted by molar-refractivity contribution is 9.10. The first-order chi connectivity index (χ1) is 8.50. The summed E-state index contributed by atoms with van der Waals surface area (Å²) in [5.74, 6) is -0.189. The lowest BCUT2D eigenvalue weighted by atomic mass is 10.0. The Balaban J connectivity index is 2.01. The summed E-state index contributed by atoms with van der Waals surface area (Å²) >= 11 is 3.35. The van der Waals surface area contributed by atoms with E-state index in [1.807, 2.05) is 25.1 Å². The highest BCUT2D eigenvalue weighted by atomic mass is 79.9. The summed E-state index contributed by atoms with van der Waals surface area (Å²) in [6.07, 6.45) is 0.558. The summed E-state index contributed by atoms with van der Waals surface area (Å²) in [4.78, 5) is 12.0. The zero-order valence-corrected chi connectivity index (χ0v) is 11.8. The van der Waals surface area contributed by atoms with Gasteiger partial charge >= 0.3 is 0 Å². The number of carbonyl (C=O) groups is 1. The fraction of sp³-hybridized carbons (Fsp3) is 0.462. The second-order valence-electron chi connectivity index (χ2n) is 4.69. The lowest BCUT2D eigenvalue weighted by Crippen LogP contribution is -2.43. The van der Waals surface area contributed by atoms with Gasteiger partial charge in [-0.25, -0.2) is 0 Å². The van der Waals surface area contributed by atoms with Crippen molar-refractivity contribution in [1.82, 2.24) is 5.32 Å². The van der Waals surface area contributed by atoms with Crippen LogP contribution >= 0.6 is 15.9 Å². The van der Waals surface area contributed by atoms with E-state index in [0.717, 1.165) is 10.0 Å². The van der Waals surface area contributed by atoms with E-state index in [1.165, 1.54) is 0 Å². The van der Waals surface area contributed by atoms with Crippen LogP contribution < -0.4 is 5.32 Å². The zero-order valence-electron chi connectivity index (χ0n) is 10.2. The first kappa shape index (κ1) is 13.5. The number of rotatable bonds is 3. The summed E-state index contributed by atoms with van der Waals surface area (Å²) in [5, 5.41) is 12.8. The van der Waals surface area contributed by atoms with Gasteiger partial charge in [0, 0.05) is 24.0 Å². The molecule has 1 unspecified atom stereocenters. The largest absolute Gasteiger partial charge is 0.386 e. The van der Waals surface area contributed by atoms with Crippen molar-refractivity contribution in [3.8, 4) is 0 Å². The standard InChI is InChI=1S/C13H16BrNO3/c1-9-2-3-11(14)10(6-9)12(16)15-7-13(17)4-5-18-8-13/h2-3,6,17H,4-5,7-8H2,1H3,(H,15,16). The van der Waals surface area contributed by atoms with Crippen molar-refractivity contribution in [3.05, 3.63) is 33.8 Å². The van der Waals surface area contributed by atoms with Crippen molar-refractivity contribution in [2.75, 3.05) is 19.8 Å². The number of hydrogen-bond acceptors (Lipinski definition) is 3. The molecule has 1 fully saturated rings. The minimum Gasteiger partial charge on any atom is -0.386 e. The third-order valence-corrected chi connectivity index (χ3v) is 3.72. The van der Waals surface area contributed by atoms with Crippen molar-refractivity contribution in [1.29, 1.82) is 0 Å². The van der Waals surface area contributed by atoms with E-state index < -0.39 is 5.60 Å². The predicted molar refractivity (Wildman–Crippen MR) is 71.6 cm³/mol. The maximum atomic E-state index is 12.0. The van der Waals surface area contributed by atoms with Crippen LogP contribution in [0.25, 0.3) is 0 Å². The monoisotopic (exact) mass is 313 g/mol. The van der Waals surface area contributed by atoms with Crippen molar-refractivity contribution >= 4 is 21.8 Å². The molecule has 1 atom stereocenters. The number of hydrogen-bond donors (Lipinski definition) is 2. The number of halogens is 1. The van der Waals surface area contributed by atoms with Crippen LogP contribution in [0.15, 0.2) is 22.7 Å². The van der Waals surface area contributed by atoms with Gasteiger partial charge in [-0.15, -0.1) is 0 Å². The van der Waals surface area contributed by atoms with Gasteiger partial charge in [-0.3, -0.25) is 4.79 Å². The van der Waals surface area contributed by atoms with Crippen LogP contribution in [-0.4, -0.2) is 36.4 Å². The van der Waals surface area contributed by atoms with Crippen molar-refractivity contribution in [3.63, 3.8) is 0 Å². The van der Waals surface area contributed by atoms with Gasteiger partial charge in [0.25, 0.3) is 5.91 Å². The van der Waals surface area contributed by atoms with E-state index in [9.17, 15) is 9.90 Å². The Hall–Kier alpha value is -0.910. The van der Waals surface area contributed by atoms with E-state index in [1.54, 1.807) is 0 Å². The molecule has 0 radical (unpaired) electrons. The van der Waals surface area contributed by atoms with Crippen LogP contribution in [0, 0.1) is 6.92 Å². The van der Waals surface area contributed by atoms with E-state index in [-0.39, 0.29) is 19.1 Å². The van der Waals surface area contributed by atoms with Gasteiger partial charge in [0.05, 0.1) is 12.2 Å². The fourth-order valence-electron chi connectivity index (χ4n) is 1.89. The van der Waals surface area contributed by atoms with Gasteiger partial charge < -0.3 is 15.2 Å². The molecule has 1 aromatic carbocycles. The molecule has 1 aliphatic heterocycles. The first-order valence-corrected chi connectivity index (χ1v) is 6.64. The number of nitrogens with one attached hydrogen (secondary N) is 1. The highest BCUT2D eigenvalue weighted by Gasteiger charge is 2.32. The summed E-state index contributed by atoms with van der Waals surface area (Å²) in [5.41, 5.74) is 0.676. The lowest BCUT2D eigenvalue weighted by molar-refractivity contribution is 0.0264. The molecule has 0 aliphatic carbocycles. The predicted octanol–water partition coefficient (Wildman–Crippen LogP) is 1.64. The quantitative estimate of drug-likeness (QED) is 0.892. The SMILES string of the molecule is Cc1ccc(Br)c(C(=O)NCC2(O)CCOC2)c1. The van der Waals surface area contributed by atoms with Gasteiger partial charge in [0.15, 0.2) is 0 Å². The Kier molecular flexibility index (Phi) is 4.04. The Morgan fingerprint density at radius 2 is 2.39 bits per heavy atom. The molecule has 5 heteroatoms. The van der Waals surface area contributed by atoms with Crippen LogP contribution in [0.1, 0.15) is 22.3 Å². The van der Waals surface area contributed by atoms with E-state index in [2.05, 4.69) is 21.2 Å². The van der Waals surface area contributed by atoms with Crippen LogP contribution in [-0.2, 0) is 4.74 Å². The van der Waals surface area contributed by atoms with Crippen molar-refractivity contribution in [2.24, 2.45) is 0 Å². The molecule has 4 nitrogen and oxygen atoms in total. The number of aliphatic hydroxyl groups is 1. The third kappa shape index (κ3) is 3.10. The number of amides is 1. The molecule has 0 spiro atoms. The molecule has 1 saturated heterocycles. The van der Waals surface area contributed by atoms with Crippen molar-refractivity contribution < 1.29 is 14.6 Å². The average Bonchev–Trinajstić information content (AvgIpc) is 2.77. The van der Waals surface area contributed by atoms with Crippen molar-refractivity contribution in [2.45, 2.75) is 18.9 Å². The number of ether oxygens (including phenoxy) is 1. The van der Waals surface area contributed by atoms with Crippen LogP contribution in [0.4, 0.5) is 0 Å². The van der Waals surface area contributed by atoms with Gasteiger partial charge in [0.2, 0.25) is 0 Å². The zero-order chi connectivity index (χ0) is 13.2. The second kappa shape index (κ2) is 5.38. The molecular weight excluding hydrogens is 298 g/mol. The third-order valence-electron chi connectivity index (χ3n) is 3.03. The second-order valence-corrected chi connectivity index (χ2v) is 5.55. The molecule has 18 heavy (non-hydrogen) atoms. The first-order valence-electron chi connectivity index (χ1n) is 5.85. The van der Waals surface area contributed by atoms with E-state index in [4.69, 9.17) is 4.74 Å². The average molecular weight is 314 g/mol. The molecule has 1 aromatic rings. The Morgan fingerprint density at radius 1 is 1.61 bits per heavy atom. The Labute approximate surface area is 114 Å². The van der Waals surface area contributed by atoms with Gasteiger partial charge in [-0.05, 0) is 35.0 Å². The topological polar surface area (TPSA) is 58.6 Å². The van der Waals surface area contributed by atoms with Gasteiger partial charge in [-0.1, -0.05) is 11.6 Å². The van der Waals surface area contributed by atoms with Crippen LogP contribution in [0.5, 0.6) is 0 Å². The minimum absolute atomic E-state index is 0.189. The lowest BCUT2D eigenvalue weighted by Gasteiger charge is -2.20. The fourth-order valence-corrected chi connectivity index (χ4v) is 2.32. The molecule has 0 saturated carbocycles. The van der Waals surface area contributed by atoms with Gasteiger partial charge in [0.1, 0.15) is 5.60 Å². The molecule has 1 aliphatic rings. The normalized spacial score (nSPS) is 23.1. The van der Waals surface area contributed by atoms with Gasteiger partial charge in [-0.2, -0.15) is 0 Å². The number of benzene rings is 1. The number of aryl methyl sites for hydroxylation is 1. The van der Waals surface area contributed by atoms with E-state index in [0.29, 0.717) is 18.6 Å². The van der Waals surface area contributed by atoms with Crippen LogP contribution in [0.2, 0.25) is 0 Å². The molecule has 2 N–H and O–H groups in total. The van der Waals surface area contributed by atoms with Crippen LogP contribution in [0.3, 0.4) is 0 Å². The molecule has 0 aromatic heterocycles. The number of carbonyl (C=O) groups excluding carboxylic acids is 1. The molecule has 1 amide bonds. The maximum Gasteiger partial charge on any atom is 0.252 e. The summed E-state index contributed by atoms with van der Waals surface area (Å²) < 4.78 is 5.88. The molecule has 2 rings (SSSR count). The molecule has 98 valence electrons. The summed E-state index contributed by atoms with van der Waals surface area (Å²) in [7, 11) is 0. The summed E-state index contributed by atoms with van der Waals surface area (Å²) in [6, 6.07) is 5.59. The molecule has 0 bridgehead atoms. The molecular formula is C13H16BrNO3. The minimum atomic E-state index is -0.925. The maximum absolute atomic E-state index is 12.0. The Bertz CT molecular complexity index is 456. The molecule has 1 heterocycles. The Morgan fingerprint density at radius 3 is 3.06 bits per heavy atom. The highest BCUT2D eigenvalue weighted by Crippen LogP contribution is 2.20. The summed E-state index contributed by atoms with van der Waals surface area (Å²) in [6.45, 7) is 2.97.